The molecule has 1 atom stereocenters. The van der Waals surface area contributed by atoms with Gasteiger partial charge in [-0.25, -0.2) is 0 Å². The molecule has 12 heavy (non-hydrogen) atoms. The quantitative estimate of drug-likeness (QED) is 0.755. The Morgan fingerprint density at radius 1 is 1.67 bits per heavy atom. The van der Waals surface area contributed by atoms with Gasteiger partial charge in [0.25, 0.3) is 0 Å². The van der Waals surface area contributed by atoms with Gasteiger partial charge < -0.3 is 4.98 Å². The van der Waals surface area contributed by atoms with Crippen LogP contribution >= 0.6 is 22.9 Å². The van der Waals surface area contributed by atoms with E-state index < -0.39 is 0 Å². The molecule has 2 nitrogen and oxygen atoms in total. The van der Waals surface area contributed by atoms with Crippen molar-refractivity contribution in [3.05, 3.63) is 20.2 Å². The van der Waals surface area contributed by atoms with Gasteiger partial charge in [0.1, 0.15) is 0 Å². The van der Waals surface area contributed by atoms with Crippen molar-refractivity contribution < 1.29 is 0 Å². The molecule has 1 aromatic rings. The second-order valence-electron chi connectivity index (χ2n) is 2.77. The van der Waals surface area contributed by atoms with E-state index in [9.17, 15) is 4.79 Å². The number of hydrogen-bond donors (Lipinski definition) is 1. The Bertz CT molecular complexity index is 304. The van der Waals surface area contributed by atoms with Crippen LogP contribution in [0.25, 0.3) is 0 Å². The number of aromatic nitrogens is 1. The number of rotatable bonds is 3. The van der Waals surface area contributed by atoms with E-state index in [1.165, 1.54) is 11.3 Å². The van der Waals surface area contributed by atoms with Gasteiger partial charge >= 0.3 is 4.87 Å². The van der Waals surface area contributed by atoms with Crippen molar-refractivity contribution in [1.29, 1.82) is 0 Å². The molecule has 0 amide bonds. The van der Waals surface area contributed by atoms with Crippen LogP contribution in [0.5, 0.6) is 0 Å². The zero-order valence-electron chi connectivity index (χ0n) is 7.19. The van der Waals surface area contributed by atoms with E-state index in [0.29, 0.717) is 0 Å². The lowest BCUT2D eigenvalue weighted by Crippen LogP contribution is -2.00. The third-order valence-corrected chi connectivity index (χ3v) is 3.24. The molecule has 0 bridgehead atoms. The molecule has 0 saturated carbocycles. The Kier molecular flexibility index (Phi) is 3.35. The molecule has 68 valence electrons. The third-order valence-electron chi connectivity index (χ3n) is 1.77. The van der Waals surface area contributed by atoms with Gasteiger partial charge in [0.15, 0.2) is 0 Å². The maximum absolute atomic E-state index is 10.9. The van der Waals surface area contributed by atoms with Crippen molar-refractivity contribution in [2.45, 2.75) is 32.1 Å². The predicted octanol–water partition coefficient (Wildman–Crippen LogP) is 2.30. The first-order valence-electron chi connectivity index (χ1n) is 3.96. The molecule has 1 heterocycles. The van der Waals surface area contributed by atoms with Crippen LogP contribution in [0.2, 0.25) is 0 Å². The fourth-order valence-corrected chi connectivity index (χ4v) is 2.14. The van der Waals surface area contributed by atoms with Crippen LogP contribution in [0.15, 0.2) is 4.79 Å². The molecular formula is C8H12ClNOS. The van der Waals surface area contributed by atoms with Crippen LogP contribution in [0.1, 0.15) is 23.9 Å². The van der Waals surface area contributed by atoms with Crippen LogP contribution in [0, 0.1) is 6.92 Å². The van der Waals surface area contributed by atoms with Crippen molar-refractivity contribution in [2.75, 3.05) is 0 Å². The number of aryl methyl sites for hydroxylation is 1. The Labute approximate surface area is 80.6 Å². The van der Waals surface area contributed by atoms with Gasteiger partial charge in [-0.15, -0.1) is 11.6 Å². The van der Waals surface area contributed by atoms with E-state index >= 15 is 0 Å². The Hall–Kier alpha value is -0.280. The van der Waals surface area contributed by atoms with Crippen molar-refractivity contribution in [2.24, 2.45) is 0 Å². The minimum Gasteiger partial charge on any atom is -0.317 e. The van der Waals surface area contributed by atoms with Gasteiger partial charge in [0.05, 0.1) is 0 Å². The molecule has 1 N–H and O–H groups in total. The predicted molar refractivity (Wildman–Crippen MR) is 53.3 cm³/mol. The number of nitrogens with one attached hydrogen (secondary N) is 1. The van der Waals surface area contributed by atoms with Gasteiger partial charge in [-0.1, -0.05) is 18.3 Å². The zero-order valence-corrected chi connectivity index (χ0v) is 8.76. The minimum absolute atomic E-state index is 0.0162. The van der Waals surface area contributed by atoms with Gasteiger partial charge in [0, 0.05) is 22.4 Å². The first-order chi connectivity index (χ1) is 5.63. The fraction of sp³-hybridized carbons (Fsp3) is 0.625. The van der Waals surface area contributed by atoms with E-state index in [4.69, 9.17) is 11.6 Å². The number of hydrogen-bond acceptors (Lipinski definition) is 2. The summed E-state index contributed by atoms with van der Waals surface area (Å²) in [5.41, 5.74) is 0.962. The molecule has 0 aliphatic heterocycles. The number of alkyl halides is 1. The van der Waals surface area contributed by atoms with Crippen LogP contribution < -0.4 is 4.87 Å². The van der Waals surface area contributed by atoms with Gasteiger partial charge in [-0.3, -0.25) is 4.79 Å². The van der Waals surface area contributed by atoms with E-state index in [2.05, 4.69) is 4.98 Å². The van der Waals surface area contributed by atoms with Crippen molar-refractivity contribution in [3.8, 4) is 0 Å². The number of halogens is 1. The van der Waals surface area contributed by atoms with Gasteiger partial charge in [0.2, 0.25) is 0 Å². The van der Waals surface area contributed by atoms with Gasteiger partial charge in [-0.05, 0) is 13.3 Å². The minimum atomic E-state index is 0.0162. The second-order valence-corrected chi connectivity index (χ2v) is 4.46. The Morgan fingerprint density at radius 2 is 2.33 bits per heavy atom. The van der Waals surface area contributed by atoms with E-state index in [-0.39, 0.29) is 10.3 Å². The van der Waals surface area contributed by atoms with Crippen LogP contribution in [-0.4, -0.2) is 10.4 Å². The smallest absolute Gasteiger partial charge is 0.304 e. The molecule has 1 unspecified atom stereocenters. The third kappa shape index (κ3) is 2.35. The standard InChI is InChI=1S/C8H12ClNOS/c1-3-6(9)4-7-5(2)10-8(11)12-7/h6H,3-4H2,1-2H3,(H,10,11). The average Bonchev–Trinajstić information content (AvgIpc) is 2.30. The molecule has 4 heteroatoms. The molecular weight excluding hydrogens is 194 g/mol. The second kappa shape index (κ2) is 4.10. The normalized spacial score (nSPS) is 13.2. The lowest BCUT2D eigenvalue weighted by molar-refractivity contribution is 0.808. The molecule has 0 radical (unpaired) electrons. The van der Waals surface area contributed by atoms with Crippen LogP contribution in [0.4, 0.5) is 0 Å². The lowest BCUT2D eigenvalue weighted by Gasteiger charge is -2.03. The largest absolute Gasteiger partial charge is 0.317 e. The summed E-state index contributed by atoms with van der Waals surface area (Å²) in [6, 6.07) is 0. The van der Waals surface area contributed by atoms with Crippen LogP contribution in [-0.2, 0) is 6.42 Å². The molecule has 0 fully saturated rings. The maximum Gasteiger partial charge on any atom is 0.304 e. The highest BCUT2D eigenvalue weighted by Gasteiger charge is 2.08. The summed E-state index contributed by atoms with van der Waals surface area (Å²) in [5.74, 6) is 0. The first-order valence-corrected chi connectivity index (χ1v) is 5.21. The molecule has 0 aromatic carbocycles. The van der Waals surface area contributed by atoms with Crippen molar-refractivity contribution in [1.82, 2.24) is 4.98 Å². The monoisotopic (exact) mass is 205 g/mol. The number of thiazole rings is 1. The molecule has 0 spiro atoms. The highest BCUT2D eigenvalue weighted by Crippen LogP contribution is 2.15. The van der Waals surface area contributed by atoms with Crippen molar-refractivity contribution in [3.63, 3.8) is 0 Å². The molecule has 1 aromatic heterocycles. The fourth-order valence-electron chi connectivity index (χ4n) is 0.977. The first kappa shape index (κ1) is 9.81. The summed E-state index contributed by atoms with van der Waals surface area (Å²) in [5, 5.41) is 0.148. The Balaban J connectivity index is 2.75. The summed E-state index contributed by atoms with van der Waals surface area (Å²) in [6.07, 6.45) is 1.74. The summed E-state index contributed by atoms with van der Waals surface area (Å²) >= 11 is 7.23. The SMILES string of the molecule is CCC(Cl)Cc1sc(=O)[nH]c1C. The average molecular weight is 206 g/mol. The highest BCUT2D eigenvalue weighted by molar-refractivity contribution is 7.09. The Morgan fingerprint density at radius 3 is 2.75 bits per heavy atom. The van der Waals surface area contributed by atoms with Crippen molar-refractivity contribution >= 4 is 22.9 Å². The van der Waals surface area contributed by atoms with Crippen LogP contribution in [0.3, 0.4) is 0 Å². The van der Waals surface area contributed by atoms with E-state index in [0.717, 1.165) is 23.4 Å². The number of H-pyrrole nitrogens is 1. The summed E-state index contributed by atoms with van der Waals surface area (Å²) in [7, 11) is 0. The zero-order chi connectivity index (χ0) is 9.14. The highest BCUT2D eigenvalue weighted by atomic mass is 35.5. The maximum atomic E-state index is 10.9. The van der Waals surface area contributed by atoms with E-state index in [1.54, 1.807) is 0 Å². The number of aromatic amines is 1. The topological polar surface area (TPSA) is 32.9 Å². The van der Waals surface area contributed by atoms with Gasteiger partial charge in [-0.2, -0.15) is 0 Å². The lowest BCUT2D eigenvalue weighted by atomic mass is 10.2. The van der Waals surface area contributed by atoms with E-state index in [1.807, 2.05) is 13.8 Å². The summed E-state index contributed by atoms with van der Waals surface area (Å²) < 4.78 is 0. The summed E-state index contributed by atoms with van der Waals surface area (Å²) in [4.78, 5) is 14.7. The molecule has 0 aliphatic carbocycles. The molecule has 1 rings (SSSR count). The summed E-state index contributed by atoms with van der Waals surface area (Å²) in [6.45, 7) is 3.95. The molecule has 0 saturated heterocycles. The molecule has 0 aliphatic rings.